The van der Waals surface area contributed by atoms with Crippen LogP contribution in [0.25, 0.3) is 0 Å². The van der Waals surface area contributed by atoms with E-state index in [1.165, 1.54) is 18.6 Å². The summed E-state index contributed by atoms with van der Waals surface area (Å²) >= 11 is 0. The molecule has 0 atom stereocenters. The van der Waals surface area contributed by atoms with Crippen molar-refractivity contribution >= 4 is 0 Å². The molecule has 14 heteroatoms. The Morgan fingerprint density at radius 1 is 0.622 bits per heavy atom. The lowest BCUT2D eigenvalue weighted by Crippen LogP contribution is -2.30. The summed E-state index contributed by atoms with van der Waals surface area (Å²) in [4.78, 5) is 0. The van der Waals surface area contributed by atoms with Crippen LogP contribution >= 0.6 is 0 Å². The predicted octanol–water partition coefficient (Wildman–Crippen LogP) is 10.9. The van der Waals surface area contributed by atoms with Gasteiger partial charge in [0.2, 0.25) is 0 Å². The molecule has 1 aliphatic carbocycles. The van der Waals surface area contributed by atoms with Crippen LogP contribution in [0.15, 0.2) is 60.7 Å². The summed E-state index contributed by atoms with van der Waals surface area (Å²) in [5.74, 6) is -5.67. The normalized spacial score (nSPS) is 18.1. The molecule has 0 aromatic heterocycles. The van der Waals surface area contributed by atoms with Gasteiger partial charge in [-0.2, -0.15) is 26.3 Å². The van der Waals surface area contributed by atoms with E-state index in [0.29, 0.717) is 18.1 Å². The summed E-state index contributed by atoms with van der Waals surface area (Å²) in [6.07, 6.45) is -13.4. The molecule has 0 saturated heterocycles. The third-order valence-electron chi connectivity index (χ3n) is 7.49. The number of halogens is 11. The Bertz CT molecular complexity index is 1410. The van der Waals surface area contributed by atoms with Crippen molar-refractivity contribution in [2.45, 2.75) is 76.1 Å². The van der Waals surface area contributed by atoms with Gasteiger partial charge in [-0.15, -0.1) is 13.2 Å². The first-order valence-electron chi connectivity index (χ1n) is 13.9. The summed E-state index contributed by atoms with van der Waals surface area (Å²) < 4.78 is 162. The van der Waals surface area contributed by atoms with Crippen molar-refractivity contribution in [3.05, 3.63) is 94.6 Å². The van der Waals surface area contributed by atoms with Crippen LogP contribution in [0.2, 0.25) is 0 Å². The fourth-order valence-corrected chi connectivity index (χ4v) is 5.36. The quantitative estimate of drug-likeness (QED) is 0.192. The molecule has 3 aromatic carbocycles. The molecule has 0 amide bonds. The van der Waals surface area contributed by atoms with Crippen molar-refractivity contribution in [2.24, 2.45) is 5.92 Å². The van der Waals surface area contributed by atoms with Crippen molar-refractivity contribution in [1.82, 2.24) is 0 Å². The molecule has 0 unspecified atom stereocenters. The molecule has 3 aromatic rings. The van der Waals surface area contributed by atoms with Gasteiger partial charge in [0.1, 0.15) is 28.7 Å². The van der Waals surface area contributed by atoms with Crippen LogP contribution in [0.4, 0.5) is 48.3 Å². The van der Waals surface area contributed by atoms with Gasteiger partial charge in [-0.1, -0.05) is 31.9 Å². The van der Waals surface area contributed by atoms with Crippen molar-refractivity contribution in [1.29, 1.82) is 0 Å². The Morgan fingerprint density at radius 2 is 1.09 bits per heavy atom. The number of rotatable bonds is 11. The van der Waals surface area contributed by atoms with Gasteiger partial charge in [0, 0.05) is 12.1 Å². The Balaban J connectivity index is 1.41. The van der Waals surface area contributed by atoms with E-state index in [1.807, 2.05) is 0 Å². The van der Waals surface area contributed by atoms with E-state index in [9.17, 15) is 48.3 Å². The molecule has 0 N–H and O–H groups in total. The number of hydrogen-bond donors (Lipinski definition) is 0. The zero-order valence-electron chi connectivity index (χ0n) is 23.6. The largest absolute Gasteiger partial charge is 0.527 e. The number of ether oxygens (including phenoxy) is 3. The van der Waals surface area contributed by atoms with Crippen LogP contribution in [0.3, 0.4) is 0 Å². The molecule has 0 aliphatic heterocycles. The van der Waals surface area contributed by atoms with E-state index >= 15 is 0 Å². The molecular weight excluding hydrogens is 629 g/mol. The van der Waals surface area contributed by atoms with E-state index in [0.717, 1.165) is 49.8 Å². The summed E-state index contributed by atoms with van der Waals surface area (Å²) in [7, 11) is 0. The first-order chi connectivity index (χ1) is 20.9. The van der Waals surface area contributed by atoms with Crippen LogP contribution in [0.1, 0.15) is 73.6 Å². The van der Waals surface area contributed by atoms with Gasteiger partial charge < -0.3 is 9.47 Å². The number of alkyl halides is 9. The molecule has 45 heavy (non-hydrogen) atoms. The average molecular weight is 657 g/mol. The lowest BCUT2D eigenvalue weighted by atomic mass is 9.77. The van der Waals surface area contributed by atoms with Gasteiger partial charge >= 0.3 is 24.7 Å². The smallest absolute Gasteiger partial charge is 0.429 e. The molecule has 0 heterocycles. The molecule has 1 fully saturated rings. The minimum Gasteiger partial charge on any atom is -0.429 e. The SMILES string of the molecule is CCCC1CCC(c2ccc(C(F)(F)Oc3ccc(C(F)(F)Oc4cc(F)c(C(F)(F)OC(F)(F)F)c(F)c4)cc3)cc2)CC1. The van der Waals surface area contributed by atoms with Crippen molar-refractivity contribution in [2.75, 3.05) is 0 Å². The summed E-state index contributed by atoms with van der Waals surface area (Å²) in [5.41, 5.74) is -3.04. The monoisotopic (exact) mass is 656 g/mol. The molecule has 1 saturated carbocycles. The van der Waals surface area contributed by atoms with Crippen molar-refractivity contribution in [3.8, 4) is 11.5 Å². The minimum atomic E-state index is -5.98. The second-order valence-electron chi connectivity index (χ2n) is 10.7. The third-order valence-corrected chi connectivity index (χ3v) is 7.49. The van der Waals surface area contributed by atoms with E-state index in [2.05, 4.69) is 16.4 Å². The highest BCUT2D eigenvalue weighted by atomic mass is 19.4. The van der Waals surface area contributed by atoms with E-state index in [1.54, 1.807) is 12.1 Å². The molecular formula is C31H27F11O3. The van der Waals surface area contributed by atoms with Crippen molar-refractivity contribution < 1.29 is 62.5 Å². The zero-order chi connectivity index (χ0) is 33.2. The van der Waals surface area contributed by atoms with Gasteiger partial charge in [0.25, 0.3) is 0 Å². The maximum absolute atomic E-state index is 14.9. The van der Waals surface area contributed by atoms with Crippen LogP contribution < -0.4 is 9.47 Å². The summed E-state index contributed by atoms with van der Waals surface area (Å²) in [6.45, 7) is 2.14. The van der Waals surface area contributed by atoms with E-state index in [4.69, 9.17) is 4.74 Å². The lowest BCUT2D eigenvalue weighted by molar-refractivity contribution is -0.432. The van der Waals surface area contributed by atoms with Gasteiger partial charge in [-0.3, -0.25) is 0 Å². The first-order valence-corrected chi connectivity index (χ1v) is 13.9. The highest BCUT2D eigenvalue weighted by molar-refractivity contribution is 5.35. The molecule has 0 spiro atoms. The highest BCUT2D eigenvalue weighted by Gasteiger charge is 2.50. The molecule has 4 rings (SSSR count). The van der Waals surface area contributed by atoms with Crippen molar-refractivity contribution in [3.63, 3.8) is 0 Å². The van der Waals surface area contributed by atoms with Crippen LogP contribution in [0, 0.1) is 17.6 Å². The fourth-order valence-electron chi connectivity index (χ4n) is 5.36. The van der Waals surface area contributed by atoms with Crippen LogP contribution in [-0.4, -0.2) is 6.36 Å². The van der Waals surface area contributed by atoms with Gasteiger partial charge in [0.15, 0.2) is 0 Å². The molecule has 246 valence electrons. The lowest BCUT2D eigenvalue weighted by Gasteiger charge is -2.29. The maximum atomic E-state index is 14.9. The minimum absolute atomic E-state index is 0.194. The van der Waals surface area contributed by atoms with Gasteiger partial charge in [-0.25, -0.2) is 13.5 Å². The summed E-state index contributed by atoms with van der Waals surface area (Å²) in [6, 6.07) is 8.03. The van der Waals surface area contributed by atoms with Crippen LogP contribution in [0.5, 0.6) is 11.5 Å². The Kier molecular flexibility index (Phi) is 9.96. The molecule has 1 aliphatic rings. The topological polar surface area (TPSA) is 27.7 Å². The van der Waals surface area contributed by atoms with Gasteiger partial charge in [-0.05, 0) is 79.5 Å². The Morgan fingerprint density at radius 3 is 1.56 bits per heavy atom. The fraction of sp³-hybridized carbons (Fsp3) is 0.419. The number of hydrogen-bond acceptors (Lipinski definition) is 3. The Hall–Kier alpha value is -3.55. The maximum Gasteiger partial charge on any atom is 0.527 e. The standard InChI is InChI=1S/C31H27F11O3/c1-2-3-18-4-6-19(7-5-18)20-8-10-21(11-9-20)28(34,35)43-23-14-12-22(13-15-23)29(36,37)44-24-16-25(32)27(26(33)17-24)30(38,39)45-31(40,41)42/h8-19H,2-7H2,1H3. The van der Waals surface area contributed by atoms with E-state index < -0.39 is 64.5 Å². The summed E-state index contributed by atoms with van der Waals surface area (Å²) in [5, 5.41) is 0. The zero-order valence-corrected chi connectivity index (χ0v) is 23.6. The first kappa shape index (κ1) is 34.3. The Labute approximate surface area is 250 Å². The second-order valence-corrected chi connectivity index (χ2v) is 10.7. The van der Waals surface area contributed by atoms with Crippen LogP contribution in [-0.2, 0) is 23.1 Å². The van der Waals surface area contributed by atoms with E-state index in [-0.39, 0.29) is 18.1 Å². The molecule has 0 bridgehead atoms. The molecule has 0 radical (unpaired) electrons. The average Bonchev–Trinajstić information content (AvgIpc) is 2.92. The number of benzene rings is 3. The predicted molar refractivity (Wildman–Crippen MR) is 139 cm³/mol. The highest BCUT2D eigenvalue weighted by Crippen LogP contribution is 2.42. The van der Waals surface area contributed by atoms with Gasteiger partial charge in [0.05, 0.1) is 11.1 Å². The second kappa shape index (κ2) is 13.1. The third kappa shape index (κ3) is 8.59. The molecule has 3 nitrogen and oxygen atoms in total.